The second-order valence-electron chi connectivity index (χ2n) is 5.81. The Hall–Kier alpha value is -2.08. The fourth-order valence-corrected chi connectivity index (χ4v) is 3.41. The van der Waals surface area contributed by atoms with Crippen molar-refractivity contribution in [2.24, 2.45) is 0 Å². The van der Waals surface area contributed by atoms with Gasteiger partial charge in [-0.2, -0.15) is 0 Å². The lowest BCUT2D eigenvalue weighted by Gasteiger charge is -2.43. The topological polar surface area (TPSA) is 68.7 Å². The number of furan rings is 1. The van der Waals surface area contributed by atoms with E-state index in [9.17, 15) is 4.79 Å². The number of carbonyl (C=O) groups is 1. The summed E-state index contributed by atoms with van der Waals surface area (Å²) >= 11 is 0. The van der Waals surface area contributed by atoms with Gasteiger partial charge in [-0.15, -0.1) is 0 Å². The van der Waals surface area contributed by atoms with Gasteiger partial charge in [-0.1, -0.05) is 18.0 Å². The zero-order valence-electron chi connectivity index (χ0n) is 12.2. The molecule has 0 radical (unpaired) electrons. The molecule has 0 bridgehead atoms. The number of ether oxygens (including phenoxy) is 1. The number of aromatic nitrogens is 1. The standard InChI is InChI=1S/C16H18N2O4/c19-16(11-10-15(22-17-11)14-6-3-8-20-14)18-7-9-21-13-5-2-1-4-12(13)18/h3,6,8,10,12-13H,1-2,4-5,7,9H2. The number of rotatable bonds is 2. The van der Waals surface area contributed by atoms with Crippen molar-refractivity contribution in [1.82, 2.24) is 10.1 Å². The van der Waals surface area contributed by atoms with Gasteiger partial charge in [0.15, 0.2) is 11.5 Å². The van der Waals surface area contributed by atoms with E-state index >= 15 is 0 Å². The summed E-state index contributed by atoms with van der Waals surface area (Å²) < 4.78 is 16.3. The van der Waals surface area contributed by atoms with Crippen LogP contribution in [0.15, 0.2) is 33.4 Å². The lowest BCUT2D eigenvalue weighted by atomic mass is 9.90. The van der Waals surface area contributed by atoms with E-state index in [0.29, 0.717) is 30.4 Å². The summed E-state index contributed by atoms with van der Waals surface area (Å²) in [5.41, 5.74) is 0.331. The quantitative estimate of drug-likeness (QED) is 0.853. The zero-order chi connectivity index (χ0) is 14.9. The van der Waals surface area contributed by atoms with Crippen molar-refractivity contribution < 1.29 is 18.5 Å². The molecule has 2 aromatic rings. The predicted octanol–water partition coefficient (Wildman–Crippen LogP) is 2.72. The van der Waals surface area contributed by atoms with E-state index in [2.05, 4.69) is 5.16 Å². The number of hydrogen-bond acceptors (Lipinski definition) is 5. The van der Waals surface area contributed by atoms with Gasteiger partial charge in [0.1, 0.15) is 0 Å². The number of fused-ring (bicyclic) bond motifs is 1. The molecule has 1 amide bonds. The minimum atomic E-state index is -0.0817. The van der Waals surface area contributed by atoms with Crippen molar-refractivity contribution >= 4 is 5.91 Å². The Bertz CT molecular complexity index is 647. The summed E-state index contributed by atoms with van der Waals surface area (Å²) in [6.07, 6.45) is 6.08. The van der Waals surface area contributed by atoms with Crippen LogP contribution >= 0.6 is 0 Å². The first-order valence-electron chi connectivity index (χ1n) is 7.76. The molecule has 22 heavy (non-hydrogen) atoms. The fourth-order valence-electron chi connectivity index (χ4n) is 3.41. The Balaban J connectivity index is 1.56. The summed E-state index contributed by atoms with van der Waals surface area (Å²) in [6.45, 7) is 1.21. The largest absolute Gasteiger partial charge is 0.461 e. The molecule has 0 spiro atoms. The van der Waals surface area contributed by atoms with Crippen molar-refractivity contribution in [3.05, 3.63) is 30.2 Å². The summed E-state index contributed by atoms with van der Waals surface area (Å²) in [4.78, 5) is 14.7. The molecule has 1 aliphatic heterocycles. The van der Waals surface area contributed by atoms with E-state index in [1.54, 1.807) is 24.5 Å². The van der Waals surface area contributed by atoms with Crippen LogP contribution in [-0.2, 0) is 4.74 Å². The van der Waals surface area contributed by atoms with E-state index in [4.69, 9.17) is 13.7 Å². The lowest BCUT2D eigenvalue weighted by Crippen LogP contribution is -2.54. The monoisotopic (exact) mass is 302 g/mol. The Morgan fingerprint density at radius 1 is 1.27 bits per heavy atom. The number of nitrogens with zero attached hydrogens (tertiary/aromatic N) is 2. The molecule has 1 aliphatic carbocycles. The normalized spacial score (nSPS) is 25.0. The van der Waals surface area contributed by atoms with Gasteiger partial charge in [-0.05, 0) is 25.0 Å². The molecule has 2 aromatic heterocycles. The van der Waals surface area contributed by atoms with Crippen molar-refractivity contribution in [3.8, 4) is 11.5 Å². The minimum absolute atomic E-state index is 0.0817. The first-order valence-corrected chi connectivity index (χ1v) is 7.76. The molecule has 4 rings (SSSR count). The zero-order valence-corrected chi connectivity index (χ0v) is 12.2. The molecule has 6 heteroatoms. The van der Waals surface area contributed by atoms with Crippen LogP contribution in [0, 0.1) is 0 Å². The molecule has 2 atom stereocenters. The Labute approximate surface area is 128 Å². The maximum Gasteiger partial charge on any atom is 0.276 e. The van der Waals surface area contributed by atoms with Crippen LogP contribution in [0.3, 0.4) is 0 Å². The molecule has 6 nitrogen and oxygen atoms in total. The summed E-state index contributed by atoms with van der Waals surface area (Å²) in [7, 11) is 0. The molecule has 0 N–H and O–H groups in total. The first-order chi connectivity index (χ1) is 10.8. The summed E-state index contributed by atoms with van der Waals surface area (Å²) in [5.74, 6) is 0.965. The summed E-state index contributed by atoms with van der Waals surface area (Å²) in [5, 5.41) is 3.92. The van der Waals surface area contributed by atoms with Crippen LogP contribution in [0.5, 0.6) is 0 Å². The molecule has 3 heterocycles. The van der Waals surface area contributed by atoms with Gasteiger partial charge < -0.3 is 18.6 Å². The highest BCUT2D eigenvalue weighted by Crippen LogP contribution is 2.30. The minimum Gasteiger partial charge on any atom is -0.461 e. The maximum absolute atomic E-state index is 12.8. The van der Waals surface area contributed by atoms with Gasteiger partial charge in [-0.25, -0.2) is 0 Å². The smallest absolute Gasteiger partial charge is 0.276 e. The van der Waals surface area contributed by atoms with Crippen LogP contribution in [-0.4, -0.2) is 41.3 Å². The Morgan fingerprint density at radius 3 is 3.05 bits per heavy atom. The van der Waals surface area contributed by atoms with Gasteiger partial charge in [-0.3, -0.25) is 4.79 Å². The highest BCUT2D eigenvalue weighted by atomic mass is 16.5. The van der Waals surface area contributed by atoms with Crippen LogP contribution in [0.4, 0.5) is 0 Å². The fraction of sp³-hybridized carbons (Fsp3) is 0.500. The third-order valence-corrected chi connectivity index (χ3v) is 4.49. The third kappa shape index (κ3) is 2.33. The molecular weight excluding hydrogens is 284 g/mol. The van der Waals surface area contributed by atoms with Gasteiger partial charge in [0.25, 0.3) is 5.91 Å². The summed E-state index contributed by atoms with van der Waals surface area (Å²) in [6, 6.07) is 5.36. The van der Waals surface area contributed by atoms with E-state index in [1.807, 2.05) is 4.90 Å². The maximum atomic E-state index is 12.8. The molecule has 116 valence electrons. The number of amides is 1. The van der Waals surface area contributed by atoms with E-state index in [-0.39, 0.29) is 18.1 Å². The highest BCUT2D eigenvalue weighted by Gasteiger charge is 2.37. The number of hydrogen-bond donors (Lipinski definition) is 0. The van der Waals surface area contributed by atoms with Crippen LogP contribution < -0.4 is 0 Å². The molecule has 1 saturated heterocycles. The molecular formula is C16H18N2O4. The lowest BCUT2D eigenvalue weighted by molar-refractivity contribution is -0.0755. The Kier molecular flexibility index (Phi) is 3.46. The molecule has 2 fully saturated rings. The highest BCUT2D eigenvalue weighted by molar-refractivity contribution is 5.93. The Morgan fingerprint density at radius 2 is 2.18 bits per heavy atom. The van der Waals surface area contributed by atoms with E-state index in [1.165, 1.54) is 6.42 Å². The average Bonchev–Trinajstić information content (AvgIpc) is 3.24. The van der Waals surface area contributed by atoms with Crippen molar-refractivity contribution in [1.29, 1.82) is 0 Å². The van der Waals surface area contributed by atoms with Gasteiger partial charge in [0.2, 0.25) is 5.76 Å². The second kappa shape index (κ2) is 5.61. The van der Waals surface area contributed by atoms with Gasteiger partial charge in [0.05, 0.1) is 25.0 Å². The first kappa shape index (κ1) is 13.6. The van der Waals surface area contributed by atoms with Crippen molar-refractivity contribution in [2.45, 2.75) is 37.8 Å². The number of carbonyl (C=O) groups excluding carboxylic acids is 1. The molecule has 0 aromatic carbocycles. The molecule has 2 aliphatic rings. The average molecular weight is 302 g/mol. The van der Waals surface area contributed by atoms with Crippen LogP contribution in [0.2, 0.25) is 0 Å². The van der Waals surface area contributed by atoms with Gasteiger partial charge in [0, 0.05) is 12.6 Å². The third-order valence-electron chi connectivity index (χ3n) is 4.49. The van der Waals surface area contributed by atoms with Crippen molar-refractivity contribution in [2.75, 3.05) is 13.2 Å². The van der Waals surface area contributed by atoms with E-state index < -0.39 is 0 Å². The number of morpholine rings is 1. The SMILES string of the molecule is O=C(c1cc(-c2ccco2)on1)N1CCOC2CCCCC21. The molecule has 2 unspecified atom stereocenters. The van der Waals surface area contributed by atoms with Gasteiger partial charge >= 0.3 is 0 Å². The van der Waals surface area contributed by atoms with E-state index in [0.717, 1.165) is 19.3 Å². The van der Waals surface area contributed by atoms with Crippen molar-refractivity contribution in [3.63, 3.8) is 0 Å². The second-order valence-corrected chi connectivity index (χ2v) is 5.81. The van der Waals surface area contributed by atoms with Crippen LogP contribution in [0.1, 0.15) is 36.2 Å². The van der Waals surface area contributed by atoms with Crippen LogP contribution in [0.25, 0.3) is 11.5 Å². The predicted molar refractivity (Wildman–Crippen MR) is 77.2 cm³/mol. The molecule has 1 saturated carbocycles.